The van der Waals surface area contributed by atoms with Crippen LogP contribution in [-0.4, -0.2) is 71.3 Å². The summed E-state index contributed by atoms with van der Waals surface area (Å²) in [6.07, 6.45) is 3.15. The molecular formula is C9H18N6. The summed E-state index contributed by atoms with van der Waals surface area (Å²) in [5, 5.41) is 10.1. The van der Waals surface area contributed by atoms with E-state index in [1.807, 2.05) is 0 Å². The van der Waals surface area contributed by atoms with Gasteiger partial charge in [0.15, 0.2) is 0 Å². The Morgan fingerprint density at radius 3 is 1.40 bits per heavy atom. The van der Waals surface area contributed by atoms with Gasteiger partial charge in [0, 0.05) is 0 Å². The Labute approximate surface area is 90.5 Å². The zero-order valence-electron chi connectivity index (χ0n) is 9.54. The molecule has 0 N–H and O–H groups in total. The summed E-state index contributed by atoms with van der Waals surface area (Å²) in [4.78, 5) is 6.84. The van der Waals surface area contributed by atoms with Crippen molar-refractivity contribution < 1.29 is 0 Å². The van der Waals surface area contributed by atoms with E-state index in [-0.39, 0.29) is 0 Å². The first-order chi connectivity index (χ1) is 7.18. The topological polar surface area (TPSA) is 48.4 Å². The first-order valence-corrected chi connectivity index (χ1v) is 4.82. The number of hydrogen-bond acceptors (Lipinski definition) is 6. The molecule has 1 saturated heterocycles. The molecule has 0 radical (unpaired) electrons. The van der Waals surface area contributed by atoms with E-state index >= 15 is 0 Å². The molecule has 0 amide bonds. The molecule has 84 valence electrons. The Bertz CT molecular complexity index is 202. The van der Waals surface area contributed by atoms with Crippen LogP contribution in [-0.2, 0) is 0 Å². The van der Waals surface area contributed by atoms with Crippen LogP contribution >= 0.6 is 0 Å². The van der Waals surface area contributed by atoms with E-state index < -0.39 is 0 Å². The zero-order chi connectivity index (χ0) is 11.1. The smallest absolute Gasteiger partial charge is 0.0529 e. The highest BCUT2D eigenvalue weighted by Crippen LogP contribution is 1.98. The van der Waals surface area contributed by atoms with E-state index in [9.17, 15) is 0 Å². The fraction of sp³-hybridized carbons (Fsp3) is 0.667. The summed E-state index contributed by atoms with van der Waals surface area (Å²) in [7, 11) is 6.39. The highest BCUT2D eigenvalue weighted by Gasteiger charge is 2.13. The van der Waals surface area contributed by atoms with Crippen LogP contribution in [0.25, 0.3) is 0 Å². The van der Waals surface area contributed by atoms with Crippen LogP contribution in [0.15, 0.2) is 18.5 Å². The average molecular weight is 210 g/mol. The van der Waals surface area contributed by atoms with Crippen LogP contribution < -0.4 is 0 Å². The van der Waals surface area contributed by atoms with Crippen LogP contribution in [0.3, 0.4) is 0 Å². The molecule has 0 aliphatic carbocycles. The lowest BCUT2D eigenvalue weighted by Gasteiger charge is -2.36. The molecule has 1 aliphatic rings. The van der Waals surface area contributed by atoms with Gasteiger partial charge < -0.3 is 0 Å². The van der Waals surface area contributed by atoms with Gasteiger partial charge in [0.2, 0.25) is 0 Å². The summed E-state index contributed by atoms with van der Waals surface area (Å²) in [5.74, 6) is 0. The van der Waals surface area contributed by atoms with Crippen molar-refractivity contribution in [2.24, 2.45) is 0 Å². The average Bonchev–Trinajstić information content (AvgIpc) is 2.19. The lowest BCUT2D eigenvalue weighted by molar-refractivity contribution is 0.0149. The lowest BCUT2D eigenvalue weighted by Crippen LogP contribution is -2.50. The van der Waals surface area contributed by atoms with Crippen LogP contribution in [0.4, 0.5) is 0 Å². The molecule has 0 unspecified atom stereocenters. The molecule has 6 nitrogen and oxygen atoms in total. The van der Waals surface area contributed by atoms with Crippen LogP contribution in [0.2, 0.25) is 0 Å². The fourth-order valence-electron chi connectivity index (χ4n) is 1.58. The molecule has 0 saturated carbocycles. The van der Waals surface area contributed by atoms with Gasteiger partial charge in [-0.25, -0.2) is 0 Å². The maximum absolute atomic E-state index is 3.42. The van der Waals surface area contributed by atoms with E-state index in [1.54, 1.807) is 18.5 Å². The molecular weight excluding hydrogens is 192 g/mol. The van der Waals surface area contributed by atoms with E-state index in [0.717, 1.165) is 20.0 Å². The van der Waals surface area contributed by atoms with E-state index in [1.165, 1.54) is 0 Å². The predicted molar refractivity (Wildman–Crippen MR) is 57.7 cm³/mol. The van der Waals surface area contributed by atoms with Crippen molar-refractivity contribution >= 4 is 0 Å². The molecule has 1 aromatic heterocycles. The summed E-state index contributed by atoms with van der Waals surface area (Å²) in [6.45, 7) is 3.26. The van der Waals surface area contributed by atoms with Crippen molar-refractivity contribution in [3.63, 3.8) is 0 Å². The molecule has 0 atom stereocenters. The summed E-state index contributed by atoms with van der Waals surface area (Å²) in [6, 6.07) is 1.72. The zero-order valence-corrected chi connectivity index (χ0v) is 9.54. The van der Waals surface area contributed by atoms with Gasteiger partial charge >= 0.3 is 0 Å². The number of rotatable bonds is 0. The van der Waals surface area contributed by atoms with Crippen molar-refractivity contribution in [1.29, 1.82) is 0 Å². The van der Waals surface area contributed by atoms with Gasteiger partial charge in [0.25, 0.3) is 0 Å². The summed E-state index contributed by atoms with van der Waals surface area (Å²) < 4.78 is 0. The molecule has 6 heteroatoms. The van der Waals surface area contributed by atoms with Gasteiger partial charge in [-0.3, -0.25) is 14.7 Å². The molecule has 2 heterocycles. The highest BCUT2D eigenvalue weighted by atomic mass is 15.5. The number of aromatic nitrogens is 3. The Hall–Kier alpha value is -1.11. The van der Waals surface area contributed by atoms with Gasteiger partial charge in [-0.15, -0.1) is 10.2 Å². The first-order valence-electron chi connectivity index (χ1n) is 4.82. The standard InChI is InChI=1S/C6H15N3.C3H3N3/c1-7-4-8(2)6-9(3)5-7;1-2-4-6-5-3-1/h4-6H2,1-3H3;1-3H. The highest BCUT2D eigenvalue weighted by molar-refractivity contribution is 4.69. The van der Waals surface area contributed by atoms with Gasteiger partial charge in [-0.05, 0) is 32.4 Å². The Morgan fingerprint density at radius 2 is 1.20 bits per heavy atom. The fourth-order valence-corrected chi connectivity index (χ4v) is 1.58. The van der Waals surface area contributed by atoms with Gasteiger partial charge in [-0.2, -0.15) is 0 Å². The second kappa shape index (κ2) is 6.39. The van der Waals surface area contributed by atoms with Gasteiger partial charge in [0.05, 0.1) is 32.4 Å². The number of nitrogens with zero attached hydrogens (tertiary/aromatic N) is 6. The predicted octanol–water partition coefficient (Wildman–Crippen LogP) is -0.460. The molecule has 0 spiro atoms. The first kappa shape index (κ1) is 12.0. The van der Waals surface area contributed by atoms with E-state index in [0.29, 0.717) is 0 Å². The second-order valence-electron chi connectivity index (χ2n) is 3.80. The minimum absolute atomic E-state index is 1.09. The largest absolute Gasteiger partial charge is 0.280 e. The molecule has 2 rings (SSSR count). The number of hydrogen-bond donors (Lipinski definition) is 0. The van der Waals surface area contributed by atoms with Crippen molar-refractivity contribution in [2.45, 2.75) is 0 Å². The van der Waals surface area contributed by atoms with Crippen LogP contribution in [0.5, 0.6) is 0 Å². The van der Waals surface area contributed by atoms with Crippen molar-refractivity contribution in [2.75, 3.05) is 41.1 Å². The minimum Gasteiger partial charge on any atom is -0.280 e. The third-order valence-corrected chi connectivity index (χ3v) is 1.86. The molecule has 1 aromatic rings. The molecule has 1 aliphatic heterocycles. The minimum atomic E-state index is 1.09. The quantitative estimate of drug-likeness (QED) is 0.577. The Kier molecular flexibility index (Phi) is 5.09. The van der Waals surface area contributed by atoms with Crippen molar-refractivity contribution in [3.8, 4) is 0 Å². The van der Waals surface area contributed by atoms with Crippen molar-refractivity contribution in [1.82, 2.24) is 30.1 Å². The Morgan fingerprint density at radius 1 is 0.800 bits per heavy atom. The monoisotopic (exact) mass is 210 g/mol. The van der Waals surface area contributed by atoms with E-state index in [4.69, 9.17) is 0 Å². The maximum atomic E-state index is 3.42. The van der Waals surface area contributed by atoms with Gasteiger partial charge in [0.1, 0.15) is 0 Å². The SMILES string of the molecule is CN1CN(C)CN(C)C1.c1cnnnc1. The third kappa shape index (κ3) is 5.36. The lowest BCUT2D eigenvalue weighted by atomic mass is 10.6. The summed E-state index contributed by atoms with van der Waals surface area (Å²) >= 11 is 0. The van der Waals surface area contributed by atoms with Crippen LogP contribution in [0.1, 0.15) is 0 Å². The molecule has 15 heavy (non-hydrogen) atoms. The third-order valence-electron chi connectivity index (χ3n) is 1.86. The molecule has 0 aromatic carbocycles. The Balaban J connectivity index is 0.000000162. The second-order valence-corrected chi connectivity index (χ2v) is 3.80. The van der Waals surface area contributed by atoms with E-state index in [2.05, 4.69) is 51.3 Å². The maximum Gasteiger partial charge on any atom is 0.0529 e. The summed E-state index contributed by atoms with van der Waals surface area (Å²) in [5.41, 5.74) is 0. The van der Waals surface area contributed by atoms with Crippen LogP contribution in [0, 0.1) is 0 Å². The van der Waals surface area contributed by atoms with Gasteiger partial charge in [-0.1, -0.05) is 0 Å². The molecule has 0 bridgehead atoms. The van der Waals surface area contributed by atoms with Crippen molar-refractivity contribution in [3.05, 3.63) is 18.5 Å². The normalized spacial score (nSPS) is 19.4. The molecule has 1 fully saturated rings.